The summed E-state index contributed by atoms with van der Waals surface area (Å²) in [6.45, 7) is 4.42. The van der Waals surface area contributed by atoms with Crippen LogP contribution in [-0.2, 0) is 0 Å². The molecule has 0 aromatic carbocycles. The standard InChI is InChI=1S/C4H10BF3N/c1-4(2,3)9-5(6,7)8/h9H,1-3H3/q-1. The van der Waals surface area contributed by atoms with Crippen LogP contribution in [0.4, 0.5) is 12.9 Å². The number of rotatable bonds is 1. The maximum Gasteiger partial charge on any atom is 0.564 e. The number of hydrogen-bond acceptors (Lipinski definition) is 1. The lowest BCUT2D eigenvalue weighted by Gasteiger charge is -2.29. The Morgan fingerprint density at radius 3 is 1.44 bits per heavy atom. The van der Waals surface area contributed by atoms with Gasteiger partial charge in [-0.1, -0.05) is 20.8 Å². The van der Waals surface area contributed by atoms with Crippen molar-refractivity contribution < 1.29 is 12.9 Å². The van der Waals surface area contributed by atoms with Crippen molar-refractivity contribution in [2.24, 2.45) is 0 Å². The minimum atomic E-state index is -4.84. The molecule has 0 unspecified atom stereocenters. The van der Waals surface area contributed by atoms with Crippen molar-refractivity contribution in [1.82, 2.24) is 5.23 Å². The predicted octanol–water partition coefficient (Wildman–Crippen LogP) is 1.72. The largest absolute Gasteiger partial charge is 0.564 e. The highest BCUT2D eigenvalue weighted by molar-refractivity contribution is 6.55. The highest BCUT2D eigenvalue weighted by atomic mass is 19.4. The molecule has 0 aliphatic carbocycles. The van der Waals surface area contributed by atoms with Crippen LogP contribution in [-0.4, -0.2) is 12.7 Å². The first-order chi connectivity index (χ1) is 3.71. The molecule has 0 aliphatic rings. The van der Waals surface area contributed by atoms with E-state index in [0.29, 0.717) is 0 Å². The van der Waals surface area contributed by atoms with Crippen LogP contribution in [0.25, 0.3) is 0 Å². The van der Waals surface area contributed by atoms with Gasteiger partial charge in [0.05, 0.1) is 0 Å². The van der Waals surface area contributed by atoms with Gasteiger partial charge in [0.1, 0.15) is 0 Å². The Morgan fingerprint density at radius 1 is 1.11 bits per heavy atom. The maximum atomic E-state index is 11.5. The predicted molar refractivity (Wildman–Crippen MR) is 32.0 cm³/mol. The van der Waals surface area contributed by atoms with E-state index in [1.165, 1.54) is 26.0 Å². The SMILES string of the molecule is CC(C)(C)N[B-](F)(F)F. The molecule has 9 heavy (non-hydrogen) atoms. The normalized spacial score (nSPS) is 14.0. The Hall–Kier alpha value is -0.185. The van der Waals surface area contributed by atoms with Crippen LogP contribution in [0.1, 0.15) is 20.8 Å². The zero-order chi connectivity index (χ0) is 7.71. The van der Waals surface area contributed by atoms with E-state index >= 15 is 0 Å². The van der Waals surface area contributed by atoms with Crippen LogP contribution in [0.3, 0.4) is 0 Å². The lowest BCUT2D eigenvalue weighted by Crippen LogP contribution is -2.49. The van der Waals surface area contributed by atoms with Gasteiger partial charge >= 0.3 is 7.11 Å². The van der Waals surface area contributed by atoms with E-state index in [1.807, 2.05) is 0 Å². The Labute approximate surface area is 52.7 Å². The summed E-state index contributed by atoms with van der Waals surface area (Å²) >= 11 is 0. The first kappa shape index (κ1) is 8.81. The van der Waals surface area contributed by atoms with Crippen molar-refractivity contribution >= 4 is 7.11 Å². The van der Waals surface area contributed by atoms with Gasteiger partial charge in [-0.2, -0.15) is 0 Å². The topological polar surface area (TPSA) is 12.0 Å². The Bertz CT molecular complexity index is 81.0. The first-order valence-corrected chi connectivity index (χ1v) is 2.69. The van der Waals surface area contributed by atoms with Gasteiger partial charge in [-0.25, -0.2) is 0 Å². The smallest absolute Gasteiger partial charge is 0.434 e. The summed E-state index contributed by atoms with van der Waals surface area (Å²) in [5.41, 5.74) is -0.863. The fourth-order valence-corrected chi connectivity index (χ4v) is 0.491. The van der Waals surface area contributed by atoms with E-state index in [4.69, 9.17) is 0 Å². The van der Waals surface area contributed by atoms with E-state index in [9.17, 15) is 12.9 Å². The monoisotopic (exact) mass is 140 g/mol. The summed E-state index contributed by atoms with van der Waals surface area (Å²) in [6.07, 6.45) is 0. The molecule has 0 fully saturated rings. The average Bonchev–Trinajstić information content (AvgIpc) is 1.14. The van der Waals surface area contributed by atoms with E-state index < -0.39 is 12.7 Å². The second-order valence-corrected chi connectivity index (χ2v) is 2.97. The zero-order valence-electron chi connectivity index (χ0n) is 5.71. The maximum absolute atomic E-state index is 11.5. The molecule has 0 saturated heterocycles. The molecule has 0 amide bonds. The summed E-state index contributed by atoms with van der Waals surface area (Å²) < 4.78 is 34.5. The van der Waals surface area contributed by atoms with Crippen molar-refractivity contribution in [1.29, 1.82) is 0 Å². The van der Waals surface area contributed by atoms with Crippen molar-refractivity contribution in [3.8, 4) is 0 Å². The molecule has 56 valence electrons. The van der Waals surface area contributed by atoms with E-state index in [-0.39, 0.29) is 0 Å². The Morgan fingerprint density at radius 2 is 1.44 bits per heavy atom. The molecular formula is C4H10BF3N-. The van der Waals surface area contributed by atoms with Crippen molar-refractivity contribution in [3.05, 3.63) is 0 Å². The highest BCUT2D eigenvalue weighted by Crippen LogP contribution is 2.10. The molecule has 0 aromatic rings. The second-order valence-electron chi connectivity index (χ2n) is 2.97. The van der Waals surface area contributed by atoms with Gasteiger partial charge in [0.25, 0.3) is 0 Å². The molecule has 0 saturated carbocycles. The Balaban J connectivity index is 3.75. The lowest BCUT2D eigenvalue weighted by molar-refractivity contribution is 0.372. The van der Waals surface area contributed by atoms with E-state index in [0.717, 1.165) is 0 Å². The van der Waals surface area contributed by atoms with Gasteiger partial charge in [0.15, 0.2) is 0 Å². The lowest BCUT2D eigenvalue weighted by atomic mass is 10.0. The first-order valence-electron chi connectivity index (χ1n) is 2.69. The summed E-state index contributed by atoms with van der Waals surface area (Å²) in [7, 11) is -4.84. The molecule has 0 heterocycles. The molecule has 0 aromatic heterocycles. The van der Waals surface area contributed by atoms with Crippen LogP contribution in [0, 0.1) is 0 Å². The summed E-state index contributed by atoms with van der Waals surface area (Å²) in [6, 6.07) is 0. The van der Waals surface area contributed by atoms with Crippen LogP contribution < -0.4 is 5.23 Å². The van der Waals surface area contributed by atoms with Gasteiger partial charge in [-0.05, 0) is 5.54 Å². The van der Waals surface area contributed by atoms with Gasteiger partial charge in [-0.3, -0.25) is 0 Å². The summed E-state index contributed by atoms with van der Waals surface area (Å²) in [4.78, 5) is 0. The van der Waals surface area contributed by atoms with Crippen LogP contribution in [0.15, 0.2) is 0 Å². The minimum absolute atomic E-state index is 0.863. The number of halogens is 3. The fourth-order valence-electron chi connectivity index (χ4n) is 0.491. The summed E-state index contributed by atoms with van der Waals surface area (Å²) in [5.74, 6) is 0. The van der Waals surface area contributed by atoms with Gasteiger partial charge in [-0.15, -0.1) is 0 Å². The van der Waals surface area contributed by atoms with Crippen molar-refractivity contribution in [2.75, 3.05) is 0 Å². The number of nitrogens with one attached hydrogen (secondary N) is 1. The third kappa shape index (κ3) is 7.81. The van der Waals surface area contributed by atoms with Crippen LogP contribution in [0.5, 0.6) is 0 Å². The molecule has 1 N–H and O–H groups in total. The molecule has 1 nitrogen and oxygen atoms in total. The molecule has 0 aliphatic heterocycles. The molecule has 0 atom stereocenters. The Kier molecular flexibility index (Phi) is 2.16. The van der Waals surface area contributed by atoms with Crippen LogP contribution in [0.2, 0.25) is 0 Å². The second kappa shape index (κ2) is 2.21. The molecule has 0 bridgehead atoms. The molecule has 0 rings (SSSR count). The van der Waals surface area contributed by atoms with Crippen molar-refractivity contribution in [3.63, 3.8) is 0 Å². The minimum Gasteiger partial charge on any atom is -0.434 e. The van der Waals surface area contributed by atoms with Crippen molar-refractivity contribution in [2.45, 2.75) is 26.3 Å². The van der Waals surface area contributed by atoms with Gasteiger partial charge < -0.3 is 18.2 Å². The molecule has 0 radical (unpaired) electrons. The number of hydrogen-bond donors (Lipinski definition) is 1. The van der Waals surface area contributed by atoms with Crippen LogP contribution >= 0.6 is 0 Å². The molecule has 0 spiro atoms. The quantitative estimate of drug-likeness (QED) is 0.546. The van der Waals surface area contributed by atoms with E-state index in [1.54, 1.807) is 0 Å². The molecular weight excluding hydrogens is 130 g/mol. The highest BCUT2D eigenvalue weighted by Gasteiger charge is 2.28. The van der Waals surface area contributed by atoms with Gasteiger partial charge in [0, 0.05) is 0 Å². The van der Waals surface area contributed by atoms with Gasteiger partial charge in [0.2, 0.25) is 0 Å². The fraction of sp³-hybridized carbons (Fsp3) is 1.00. The van der Waals surface area contributed by atoms with E-state index in [2.05, 4.69) is 0 Å². The molecule has 5 heteroatoms. The summed E-state index contributed by atoms with van der Waals surface area (Å²) in [5, 5.41) is 1.52. The third-order valence-electron chi connectivity index (χ3n) is 0.597. The zero-order valence-corrected chi connectivity index (χ0v) is 5.71. The third-order valence-corrected chi connectivity index (χ3v) is 0.597. The average molecular weight is 140 g/mol.